The molecule has 0 spiro atoms. The van der Waals surface area contributed by atoms with Gasteiger partial charge in [-0.05, 0) is 55.7 Å². The maximum Gasteiger partial charge on any atom is 0.376 e. The summed E-state index contributed by atoms with van der Waals surface area (Å²) in [5, 5.41) is 4.98. The summed E-state index contributed by atoms with van der Waals surface area (Å²) < 4.78 is 5.21. The number of hydrogen-bond donors (Lipinski definition) is 1. The molecule has 1 aliphatic heterocycles. The number of para-hydroxylation sites is 1. The standard InChI is InChI=1S/C19H20ClN3O2/c1-2-25-19(24)18(22-21-16-11-9-15(20)10-12-16)23-13-5-7-14-6-3-4-8-17(14)23/h3-4,6,8-12,21H,2,5,7,13H2,1H3/b22-18+. The Bertz CT molecular complexity index is 774. The van der Waals surface area contributed by atoms with E-state index in [0.29, 0.717) is 11.6 Å². The van der Waals surface area contributed by atoms with Crippen LogP contribution in [0.5, 0.6) is 0 Å². The molecule has 25 heavy (non-hydrogen) atoms. The van der Waals surface area contributed by atoms with Crippen molar-refractivity contribution < 1.29 is 9.53 Å². The Balaban J connectivity index is 1.91. The number of ether oxygens (including phenoxy) is 1. The third kappa shape index (κ3) is 4.12. The number of carbonyl (C=O) groups excluding carboxylic acids is 1. The molecule has 6 heteroatoms. The second-order valence-electron chi connectivity index (χ2n) is 5.66. The van der Waals surface area contributed by atoms with E-state index in [-0.39, 0.29) is 5.84 Å². The Labute approximate surface area is 152 Å². The van der Waals surface area contributed by atoms with Crippen molar-refractivity contribution in [1.82, 2.24) is 0 Å². The van der Waals surface area contributed by atoms with Gasteiger partial charge in [0.15, 0.2) is 0 Å². The molecule has 0 saturated carbocycles. The fourth-order valence-corrected chi connectivity index (χ4v) is 2.93. The van der Waals surface area contributed by atoms with Gasteiger partial charge in [-0.3, -0.25) is 5.43 Å². The van der Waals surface area contributed by atoms with Crippen LogP contribution in [-0.2, 0) is 16.0 Å². The molecule has 5 nitrogen and oxygen atoms in total. The maximum atomic E-state index is 12.5. The van der Waals surface area contributed by atoms with Gasteiger partial charge in [0.1, 0.15) is 0 Å². The average Bonchev–Trinajstić information content (AvgIpc) is 2.64. The minimum atomic E-state index is -0.444. The molecular weight excluding hydrogens is 338 g/mol. The first-order valence-corrected chi connectivity index (χ1v) is 8.68. The van der Waals surface area contributed by atoms with Crippen LogP contribution < -0.4 is 10.3 Å². The lowest BCUT2D eigenvalue weighted by Crippen LogP contribution is -2.41. The number of aryl methyl sites for hydroxylation is 1. The highest BCUT2D eigenvalue weighted by Gasteiger charge is 2.26. The summed E-state index contributed by atoms with van der Waals surface area (Å²) in [7, 11) is 0. The molecular formula is C19H20ClN3O2. The van der Waals surface area contributed by atoms with Crippen LogP contribution >= 0.6 is 11.6 Å². The van der Waals surface area contributed by atoms with Crippen molar-refractivity contribution in [3.05, 3.63) is 59.1 Å². The molecule has 1 N–H and O–H groups in total. The summed E-state index contributed by atoms with van der Waals surface area (Å²) in [6.07, 6.45) is 1.95. The van der Waals surface area contributed by atoms with E-state index < -0.39 is 5.97 Å². The van der Waals surface area contributed by atoms with Gasteiger partial charge in [-0.1, -0.05) is 29.8 Å². The number of esters is 1. The number of fused-ring (bicyclic) bond motifs is 1. The van der Waals surface area contributed by atoms with Gasteiger partial charge < -0.3 is 9.64 Å². The highest BCUT2D eigenvalue weighted by Crippen LogP contribution is 2.27. The van der Waals surface area contributed by atoms with E-state index >= 15 is 0 Å². The van der Waals surface area contributed by atoms with E-state index in [2.05, 4.69) is 16.6 Å². The molecule has 0 aliphatic carbocycles. The van der Waals surface area contributed by atoms with Crippen LogP contribution in [0.1, 0.15) is 18.9 Å². The van der Waals surface area contributed by atoms with Crippen molar-refractivity contribution in [2.75, 3.05) is 23.5 Å². The lowest BCUT2D eigenvalue weighted by molar-refractivity contribution is -0.135. The number of hydrazone groups is 1. The predicted molar refractivity (Wildman–Crippen MR) is 101 cm³/mol. The zero-order valence-corrected chi connectivity index (χ0v) is 14.8. The topological polar surface area (TPSA) is 53.9 Å². The van der Waals surface area contributed by atoms with Gasteiger partial charge in [0.2, 0.25) is 5.84 Å². The Morgan fingerprint density at radius 3 is 2.76 bits per heavy atom. The number of amidine groups is 1. The lowest BCUT2D eigenvalue weighted by atomic mass is 10.0. The van der Waals surface area contributed by atoms with Gasteiger partial charge in [-0.2, -0.15) is 0 Å². The number of anilines is 2. The number of benzene rings is 2. The van der Waals surface area contributed by atoms with E-state index in [9.17, 15) is 4.79 Å². The van der Waals surface area contributed by atoms with Crippen LogP contribution in [0.2, 0.25) is 5.02 Å². The van der Waals surface area contributed by atoms with Gasteiger partial charge in [0.25, 0.3) is 0 Å². The molecule has 2 aromatic carbocycles. The molecule has 0 radical (unpaired) electrons. The first-order chi connectivity index (χ1) is 12.2. The average molecular weight is 358 g/mol. The first-order valence-electron chi connectivity index (χ1n) is 8.31. The first kappa shape index (κ1) is 17.3. The van der Waals surface area contributed by atoms with E-state index in [1.165, 1.54) is 5.56 Å². The van der Waals surface area contributed by atoms with Gasteiger partial charge in [0, 0.05) is 17.3 Å². The van der Waals surface area contributed by atoms with Crippen LogP contribution in [0, 0.1) is 0 Å². The number of rotatable bonds is 3. The molecule has 3 rings (SSSR count). The number of carbonyl (C=O) groups is 1. The monoisotopic (exact) mass is 357 g/mol. The molecule has 0 saturated heterocycles. The summed E-state index contributed by atoms with van der Waals surface area (Å²) in [5.74, 6) is -0.190. The third-order valence-corrected chi connectivity index (χ3v) is 4.21. The van der Waals surface area contributed by atoms with Crippen molar-refractivity contribution in [3.8, 4) is 0 Å². The quantitative estimate of drug-likeness (QED) is 0.389. The zero-order valence-electron chi connectivity index (χ0n) is 14.0. The molecule has 130 valence electrons. The van der Waals surface area contributed by atoms with Crippen LogP contribution in [0.25, 0.3) is 0 Å². The highest BCUT2D eigenvalue weighted by molar-refractivity contribution is 6.41. The van der Waals surface area contributed by atoms with Crippen molar-refractivity contribution in [2.24, 2.45) is 5.10 Å². The van der Waals surface area contributed by atoms with Gasteiger partial charge >= 0.3 is 5.97 Å². The van der Waals surface area contributed by atoms with Crippen molar-refractivity contribution in [3.63, 3.8) is 0 Å². The normalized spacial score (nSPS) is 14.0. The lowest BCUT2D eigenvalue weighted by Gasteiger charge is -2.30. The minimum absolute atomic E-state index is 0.254. The smallest absolute Gasteiger partial charge is 0.376 e. The maximum absolute atomic E-state index is 12.5. The van der Waals surface area contributed by atoms with Gasteiger partial charge in [0.05, 0.1) is 12.3 Å². The van der Waals surface area contributed by atoms with E-state index in [1.807, 2.05) is 23.1 Å². The SMILES string of the molecule is CCOC(=O)/C(=N\Nc1ccc(Cl)cc1)N1CCCc2ccccc21. The summed E-state index contributed by atoms with van der Waals surface area (Å²) in [6.45, 7) is 2.80. The summed E-state index contributed by atoms with van der Waals surface area (Å²) in [4.78, 5) is 14.4. The molecule has 0 atom stereocenters. The molecule has 0 fully saturated rings. The number of nitrogens with zero attached hydrogens (tertiary/aromatic N) is 2. The van der Waals surface area contributed by atoms with E-state index in [4.69, 9.17) is 16.3 Å². The van der Waals surface area contributed by atoms with Crippen LogP contribution in [-0.4, -0.2) is 25.0 Å². The molecule has 0 aromatic heterocycles. The van der Waals surface area contributed by atoms with E-state index in [0.717, 1.165) is 30.8 Å². The summed E-state index contributed by atoms with van der Waals surface area (Å²) in [5.41, 5.74) is 5.88. The molecule has 1 heterocycles. The molecule has 0 unspecified atom stereocenters. The fourth-order valence-electron chi connectivity index (χ4n) is 2.81. The number of halogens is 1. The largest absolute Gasteiger partial charge is 0.460 e. The van der Waals surface area contributed by atoms with Crippen LogP contribution in [0.3, 0.4) is 0 Å². The van der Waals surface area contributed by atoms with Gasteiger partial charge in [-0.15, -0.1) is 5.10 Å². The number of nitrogens with one attached hydrogen (secondary N) is 1. The minimum Gasteiger partial charge on any atom is -0.460 e. The Morgan fingerprint density at radius 1 is 1.24 bits per heavy atom. The third-order valence-electron chi connectivity index (χ3n) is 3.96. The fraction of sp³-hybridized carbons (Fsp3) is 0.263. The number of hydrogen-bond acceptors (Lipinski definition) is 4. The Hall–Kier alpha value is -2.53. The molecule has 0 bridgehead atoms. The predicted octanol–water partition coefficient (Wildman–Crippen LogP) is 4.08. The second kappa shape index (κ2) is 8.03. The van der Waals surface area contributed by atoms with Crippen molar-refractivity contribution >= 4 is 34.8 Å². The molecule has 2 aromatic rings. The zero-order chi connectivity index (χ0) is 17.6. The molecule has 0 amide bonds. The van der Waals surface area contributed by atoms with E-state index in [1.54, 1.807) is 31.2 Å². The van der Waals surface area contributed by atoms with Crippen molar-refractivity contribution in [1.29, 1.82) is 0 Å². The van der Waals surface area contributed by atoms with Crippen LogP contribution in [0.15, 0.2) is 53.6 Å². The van der Waals surface area contributed by atoms with Crippen molar-refractivity contribution in [2.45, 2.75) is 19.8 Å². The molecule has 1 aliphatic rings. The second-order valence-corrected chi connectivity index (χ2v) is 6.09. The van der Waals surface area contributed by atoms with Crippen LogP contribution in [0.4, 0.5) is 11.4 Å². The van der Waals surface area contributed by atoms with Gasteiger partial charge in [-0.25, -0.2) is 4.79 Å². The summed E-state index contributed by atoms with van der Waals surface area (Å²) in [6, 6.07) is 15.2. The Morgan fingerprint density at radius 2 is 2.00 bits per heavy atom. The summed E-state index contributed by atoms with van der Waals surface area (Å²) >= 11 is 5.90. The highest BCUT2D eigenvalue weighted by atomic mass is 35.5. The Kier molecular flexibility index (Phi) is 5.56.